The van der Waals surface area contributed by atoms with Crippen molar-refractivity contribution in [3.05, 3.63) is 65.4 Å². The predicted octanol–water partition coefficient (Wildman–Crippen LogP) is 6.13. The molecule has 2 aromatic heterocycles. The number of carbonyl (C=O) groups is 1. The van der Waals surface area contributed by atoms with Gasteiger partial charge in [-0.1, -0.05) is 11.6 Å². The average molecular weight is 508 g/mol. The molecular weight excluding hydrogens is 491 g/mol. The van der Waals surface area contributed by atoms with Crippen LogP contribution in [0.25, 0.3) is 11.0 Å². The second-order valence-electron chi connectivity index (χ2n) is 7.02. The van der Waals surface area contributed by atoms with Gasteiger partial charge in [0.05, 0.1) is 16.1 Å². The minimum Gasteiger partial charge on any atom is -0.457 e. The van der Waals surface area contributed by atoms with Crippen LogP contribution in [0.2, 0.25) is 5.02 Å². The van der Waals surface area contributed by atoms with E-state index in [0.717, 1.165) is 5.52 Å². The smallest absolute Gasteiger partial charge is 0.446 e. The van der Waals surface area contributed by atoms with E-state index in [2.05, 4.69) is 20.6 Å². The number of fused-ring (bicyclic) bond motifs is 1. The molecule has 0 aliphatic rings. The molecule has 0 atom stereocenters. The van der Waals surface area contributed by atoms with Gasteiger partial charge in [0, 0.05) is 43.0 Å². The molecule has 2 aromatic carbocycles. The fraction of sp³-hybridized carbons (Fsp3) is 0.136. The zero-order chi connectivity index (χ0) is 24.5. The first-order valence-electron chi connectivity index (χ1n) is 9.78. The number of pyridine rings is 1. The van der Waals surface area contributed by atoms with E-state index < -0.39 is 5.51 Å². The Morgan fingerprint density at radius 3 is 2.59 bits per heavy atom. The first-order valence-corrected chi connectivity index (χ1v) is 11.0. The van der Waals surface area contributed by atoms with Crippen LogP contribution in [0, 0.1) is 0 Å². The first-order chi connectivity index (χ1) is 16.1. The maximum absolute atomic E-state index is 12.6. The lowest BCUT2D eigenvalue weighted by molar-refractivity contribution is -0.0328. The summed E-state index contributed by atoms with van der Waals surface area (Å²) in [6.07, 6.45) is 1.48. The van der Waals surface area contributed by atoms with E-state index in [1.165, 1.54) is 37.5 Å². The normalized spacial score (nSPS) is 11.5. The van der Waals surface area contributed by atoms with Crippen molar-refractivity contribution in [1.82, 2.24) is 19.9 Å². The molecule has 0 saturated heterocycles. The molecule has 0 unspecified atom stereocenters. The van der Waals surface area contributed by atoms with E-state index in [4.69, 9.17) is 16.3 Å². The van der Waals surface area contributed by atoms with E-state index in [1.807, 2.05) is 6.07 Å². The second kappa shape index (κ2) is 9.43. The molecule has 0 radical (unpaired) electrons. The molecule has 12 heteroatoms. The Balaban J connectivity index is 1.55. The quantitative estimate of drug-likeness (QED) is 0.306. The molecule has 2 heterocycles. The summed E-state index contributed by atoms with van der Waals surface area (Å²) in [5.74, 6) is 1.08. The van der Waals surface area contributed by atoms with Crippen molar-refractivity contribution >= 4 is 51.9 Å². The minimum absolute atomic E-state index is 0.0183. The highest BCUT2D eigenvalue weighted by atomic mass is 35.5. The van der Waals surface area contributed by atoms with Gasteiger partial charge in [-0.2, -0.15) is 13.2 Å². The Morgan fingerprint density at radius 2 is 1.88 bits per heavy atom. The number of ether oxygens (including phenoxy) is 1. The molecule has 0 aliphatic heterocycles. The van der Waals surface area contributed by atoms with Gasteiger partial charge in [-0.3, -0.25) is 9.78 Å². The summed E-state index contributed by atoms with van der Waals surface area (Å²) in [5, 5.41) is 5.56. The number of amides is 1. The van der Waals surface area contributed by atoms with E-state index >= 15 is 0 Å². The van der Waals surface area contributed by atoms with Gasteiger partial charge in [0.2, 0.25) is 5.95 Å². The summed E-state index contributed by atoms with van der Waals surface area (Å²) in [4.78, 5) is 20.2. The number of hydrogen-bond donors (Lipinski definition) is 2. The number of imidazole rings is 1. The lowest BCUT2D eigenvalue weighted by Gasteiger charge is -2.10. The summed E-state index contributed by atoms with van der Waals surface area (Å²) >= 11 is 5.76. The highest BCUT2D eigenvalue weighted by Crippen LogP contribution is 2.41. The number of halogens is 4. The van der Waals surface area contributed by atoms with Crippen LogP contribution >= 0.6 is 23.4 Å². The number of anilines is 2. The van der Waals surface area contributed by atoms with Gasteiger partial charge in [-0.25, -0.2) is 4.98 Å². The van der Waals surface area contributed by atoms with Gasteiger partial charge < -0.3 is 19.9 Å². The lowest BCUT2D eigenvalue weighted by Crippen LogP contribution is -2.18. The Morgan fingerprint density at radius 1 is 1.12 bits per heavy atom. The van der Waals surface area contributed by atoms with Gasteiger partial charge in [0.25, 0.3) is 5.91 Å². The third-order valence-electron chi connectivity index (χ3n) is 4.69. The molecule has 1 amide bonds. The molecule has 7 nitrogen and oxygen atoms in total. The van der Waals surface area contributed by atoms with Crippen LogP contribution in [0.4, 0.5) is 24.8 Å². The summed E-state index contributed by atoms with van der Waals surface area (Å²) in [6, 6.07) is 12.7. The van der Waals surface area contributed by atoms with Crippen molar-refractivity contribution in [2.24, 2.45) is 7.05 Å². The fourth-order valence-electron chi connectivity index (χ4n) is 3.13. The SMILES string of the molecule is CNC(=O)c1cc(Oc2ccc3c(c2)nc(Nc2ccc(SC(F)(F)F)c(Cl)c2)n3C)ccn1. The van der Waals surface area contributed by atoms with Crippen molar-refractivity contribution in [3.63, 3.8) is 0 Å². The number of alkyl halides is 3. The van der Waals surface area contributed by atoms with Crippen molar-refractivity contribution in [1.29, 1.82) is 0 Å². The molecule has 0 spiro atoms. The van der Waals surface area contributed by atoms with Gasteiger partial charge >= 0.3 is 5.51 Å². The zero-order valence-electron chi connectivity index (χ0n) is 17.8. The number of aryl methyl sites for hydroxylation is 1. The second-order valence-corrected chi connectivity index (χ2v) is 8.53. The number of carbonyl (C=O) groups excluding carboxylic acids is 1. The van der Waals surface area contributed by atoms with Crippen LogP contribution in [-0.2, 0) is 7.05 Å². The van der Waals surface area contributed by atoms with Crippen LogP contribution in [0.1, 0.15) is 10.5 Å². The molecule has 0 bridgehead atoms. The van der Waals surface area contributed by atoms with Crippen LogP contribution in [0.5, 0.6) is 11.5 Å². The van der Waals surface area contributed by atoms with Gasteiger partial charge in [-0.15, -0.1) is 0 Å². The molecular formula is C22H17ClF3N5O2S. The van der Waals surface area contributed by atoms with Gasteiger partial charge in [-0.05, 0) is 48.2 Å². The number of benzene rings is 2. The Labute approximate surface area is 201 Å². The third-order valence-corrected chi connectivity index (χ3v) is 5.92. The largest absolute Gasteiger partial charge is 0.457 e. The maximum atomic E-state index is 12.6. The molecule has 2 N–H and O–H groups in total. The maximum Gasteiger partial charge on any atom is 0.446 e. The van der Waals surface area contributed by atoms with Crippen molar-refractivity contribution in [3.8, 4) is 11.5 Å². The summed E-state index contributed by atoms with van der Waals surface area (Å²) in [7, 11) is 3.31. The van der Waals surface area contributed by atoms with E-state index in [1.54, 1.807) is 29.8 Å². The van der Waals surface area contributed by atoms with Gasteiger partial charge in [0.1, 0.15) is 17.2 Å². The molecule has 0 fully saturated rings. The number of thioether (sulfide) groups is 1. The topological polar surface area (TPSA) is 81.1 Å². The van der Waals surface area contributed by atoms with E-state index in [-0.39, 0.29) is 33.3 Å². The molecule has 34 heavy (non-hydrogen) atoms. The zero-order valence-corrected chi connectivity index (χ0v) is 19.3. The minimum atomic E-state index is -4.42. The van der Waals surface area contributed by atoms with Crippen molar-refractivity contribution in [2.75, 3.05) is 12.4 Å². The highest BCUT2D eigenvalue weighted by molar-refractivity contribution is 8.00. The number of aromatic nitrogens is 3. The monoisotopic (exact) mass is 507 g/mol. The van der Waals surface area contributed by atoms with Crippen molar-refractivity contribution in [2.45, 2.75) is 10.4 Å². The first kappa shape index (κ1) is 23.7. The fourth-order valence-corrected chi connectivity index (χ4v) is 3.97. The number of hydrogen-bond acceptors (Lipinski definition) is 6. The predicted molar refractivity (Wildman–Crippen MR) is 125 cm³/mol. The lowest BCUT2D eigenvalue weighted by atomic mass is 10.3. The Hall–Kier alpha value is -3.44. The van der Waals surface area contributed by atoms with Crippen LogP contribution in [-0.4, -0.2) is 33.0 Å². The Kier molecular flexibility index (Phi) is 6.58. The number of rotatable bonds is 6. The van der Waals surface area contributed by atoms with Crippen LogP contribution < -0.4 is 15.4 Å². The third kappa shape index (κ3) is 5.37. The molecule has 4 rings (SSSR count). The molecule has 0 saturated carbocycles. The van der Waals surface area contributed by atoms with Gasteiger partial charge in [0.15, 0.2) is 0 Å². The summed E-state index contributed by atoms with van der Waals surface area (Å²) < 4.78 is 45.5. The number of nitrogens with zero attached hydrogens (tertiary/aromatic N) is 3. The average Bonchev–Trinajstić information content (AvgIpc) is 3.09. The van der Waals surface area contributed by atoms with E-state index in [0.29, 0.717) is 28.7 Å². The van der Waals surface area contributed by atoms with Crippen molar-refractivity contribution < 1.29 is 22.7 Å². The Bertz CT molecular complexity index is 1380. The highest BCUT2D eigenvalue weighted by Gasteiger charge is 2.30. The summed E-state index contributed by atoms with van der Waals surface area (Å²) in [6.45, 7) is 0. The van der Waals surface area contributed by atoms with Crippen LogP contribution in [0.3, 0.4) is 0 Å². The van der Waals surface area contributed by atoms with E-state index in [9.17, 15) is 18.0 Å². The number of nitrogens with one attached hydrogen (secondary N) is 2. The summed E-state index contributed by atoms with van der Waals surface area (Å²) in [5.41, 5.74) is -2.28. The molecule has 4 aromatic rings. The molecule has 0 aliphatic carbocycles. The molecule has 176 valence electrons. The van der Waals surface area contributed by atoms with Crippen LogP contribution in [0.15, 0.2) is 59.6 Å². The standard InChI is InChI=1S/C22H17ClF3N5O2S/c1-27-20(32)17-11-14(7-8-28-17)33-13-4-5-18-16(10-13)30-21(31(18)2)29-12-3-6-19(15(23)9-12)34-22(24,25)26/h3-11H,1-2H3,(H,27,32)(H,29,30).